The van der Waals surface area contributed by atoms with Crippen LogP contribution in [0.15, 0.2) is 24.3 Å². The summed E-state index contributed by atoms with van der Waals surface area (Å²) in [7, 11) is 0. The molecule has 2 N–H and O–H groups in total. The highest BCUT2D eigenvalue weighted by atomic mass is 16.4. The predicted octanol–water partition coefficient (Wildman–Crippen LogP) is 4.16. The minimum atomic E-state index is -0.848. The summed E-state index contributed by atoms with van der Waals surface area (Å²) in [5.41, 5.74) is 1.16. The molecule has 3 heteroatoms. The lowest BCUT2D eigenvalue weighted by Crippen LogP contribution is -2.34. The molecule has 3 atom stereocenters. The first kappa shape index (κ1) is 13.5. The van der Waals surface area contributed by atoms with E-state index in [2.05, 4.69) is 5.32 Å². The molecule has 20 heavy (non-hydrogen) atoms. The lowest BCUT2D eigenvalue weighted by atomic mass is 9.69. The Bertz CT molecular complexity index is 486. The van der Waals surface area contributed by atoms with Gasteiger partial charge in [0.15, 0.2) is 0 Å². The Morgan fingerprint density at radius 2 is 1.80 bits per heavy atom. The van der Waals surface area contributed by atoms with Crippen molar-refractivity contribution in [2.45, 2.75) is 51.0 Å². The van der Waals surface area contributed by atoms with Crippen LogP contribution in [-0.2, 0) is 0 Å². The normalized spacial score (nSPS) is 29.5. The first-order chi connectivity index (χ1) is 9.74. The molecule has 2 aliphatic rings. The summed E-state index contributed by atoms with van der Waals surface area (Å²) in [4.78, 5) is 11.3. The minimum absolute atomic E-state index is 0.387. The number of carbonyl (C=O) groups is 1. The van der Waals surface area contributed by atoms with E-state index < -0.39 is 5.97 Å². The van der Waals surface area contributed by atoms with Gasteiger partial charge >= 0.3 is 5.97 Å². The molecule has 3 nitrogen and oxygen atoms in total. The summed E-state index contributed by atoms with van der Waals surface area (Å²) >= 11 is 0. The molecule has 0 saturated heterocycles. The second kappa shape index (κ2) is 5.86. The van der Waals surface area contributed by atoms with Gasteiger partial charge in [-0.3, -0.25) is 0 Å². The van der Waals surface area contributed by atoms with Gasteiger partial charge in [-0.2, -0.15) is 0 Å². The fourth-order valence-electron chi connectivity index (χ4n) is 4.02. The molecule has 0 spiro atoms. The van der Waals surface area contributed by atoms with E-state index in [0.29, 0.717) is 11.6 Å². The van der Waals surface area contributed by atoms with Gasteiger partial charge in [0.25, 0.3) is 0 Å². The second-order valence-electron chi connectivity index (χ2n) is 6.31. The molecule has 0 radical (unpaired) electrons. The van der Waals surface area contributed by atoms with Crippen LogP contribution in [0.5, 0.6) is 0 Å². The van der Waals surface area contributed by atoms with Gasteiger partial charge in [0.05, 0.1) is 5.56 Å². The zero-order valence-electron chi connectivity index (χ0n) is 11.8. The number of carboxylic acid groups (broad SMARTS) is 1. The van der Waals surface area contributed by atoms with E-state index >= 15 is 0 Å². The van der Waals surface area contributed by atoms with E-state index in [9.17, 15) is 9.90 Å². The molecular weight excluding hydrogens is 250 g/mol. The third-order valence-electron chi connectivity index (χ3n) is 5.06. The highest BCUT2D eigenvalue weighted by Gasteiger charge is 2.32. The van der Waals surface area contributed by atoms with Crippen molar-refractivity contribution in [3.8, 4) is 0 Å². The van der Waals surface area contributed by atoms with Crippen LogP contribution in [0.1, 0.15) is 55.3 Å². The van der Waals surface area contributed by atoms with E-state index in [4.69, 9.17) is 0 Å². The molecule has 3 unspecified atom stereocenters. The maximum atomic E-state index is 11.3. The number of para-hydroxylation sites is 1. The Morgan fingerprint density at radius 3 is 2.60 bits per heavy atom. The Labute approximate surface area is 120 Å². The van der Waals surface area contributed by atoms with Crippen LogP contribution < -0.4 is 5.32 Å². The third-order valence-corrected chi connectivity index (χ3v) is 5.06. The molecule has 2 saturated carbocycles. The zero-order valence-corrected chi connectivity index (χ0v) is 11.8. The molecule has 0 aliphatic heterocycles. The van der Waals surface area contributed by atoms with Gasteiger partial charge in [0, 0.05) is 11.7 Å². The lowest BCUT2D eigenvalue weighted by molar-refractivity contribution is 0.0698. The van der Waals surface area contributed by atoms with Crippen LogP contribution >= 0.6 is 0 Å². The molecule has 0 heterocycles. The van der Waals surface area contributed by atoms with Crippen molar-refractivity contribution >= 4 is 11.7 Å². The first-order valence-electron chi connectivity index (χ1n) is 7.83. The molecule has 0 amide bonds. The lowest BCUT2D eigenvalue weighted by Gasteiger charge is -2.40. The number of hydrogen-bond donors (Lipinski definition) is 2. The number of anilines is 1. The van der Waals surface area contributed by atoms with Crippen molar-refractivity contribution in [2.75, 3.05) is 5.32 Å². The standard InChI is InChI=1S/C17H23NO2/c19-17(20)15-7-3-4-8-16(15)18-14-10-9-12-5-1-2-6-13(12)11-14/h3-4,7-8,12-14,18H,1-2,5-6,9-11H2,(H,19,20). The second-order valence-corrected chi connectivity index (χ2v) is 6.31. The Balaban J connectivity index is 1.68. The summed E-state index contributed by atoms with van der Waals surface area (Å²) in [6.07, 6.45) is 9.23. The first-order valence-corrected chi connectivity index (χ1v) is 7.83. The largest absolute Gasteiger partial charge is 0.478 e. The van der Waals surface area contributed by atoms with E-state index in [1.54, 1.807) is 12.1 Å². The molecule has 108 valence electrons. The van der Waals surface area contributed by atoms with Crippen LogP contribution in [0, 0.1) is 11.8 Å². The number of carboxylic acids is 1. The molecule has 2 fully saturated rings. The van der Waals surface area contributed by atoms with Gasteiger partial charge in [0.1, 0.15) is 0 Å². The van der Waals surface area contributed by atoms with Gasteiger partial charge in [-0.05, 0) is 43.2 Å². The summed E-state index contributed by atoms with van der Waals surface area (Å²) in [5, 5.41) is 12.7. The highest BCUT2D eigenvalue weighted by Crippen LogP contribution is 2.41. The van der Waals surface area contributed by atoms with Crippen molar-refractivity contribution in [1.82, 2.24) is 0 Å². The number of benzene rings is 1. The monoisotopic (exact) mass is 273 g/mol. The van der Waals surface area contributed by atoms with Crippen molar-refractivity contribution in [2.24, 2.45) is 11.8 Å². The summed E-state index contributed by atoms with van der Waals surface area (Å²) in [5.74, 6) is 0.933. The average Bonchev–Trinajstić information content (AvgIpc) is 2.47. The van der Waals surface area contributed by atoms with Crippen LogP contribution in [0.3, 0.4) is 0 Å². The minimum Gasteiger partial charge on any atom is -0.478 e. The van der Waals surface area contributed by atoms with Crippen molar-refractivity contribution in [1.29, 1.82) is 0 Å². The summed E-state index contributed by atoms with van der Waals surface area (Å²) in [6.45, 7) is 0. The van der Waals surface area contributed by atoms with Crippen molar-refractivity contribution in [3.63, 3.8) is 0 Å². The van der Waals surface area contributed by atoms with E-state index in [0.717, 1.165) is 17.5 Å². The fraction of sp³-hybridized carbons (Fsp3) is 0.588. The van der Waals surface area contributed by atoms with Gasteiger partial charge in [0.2, 0.25) is 0 Å². The molecule has 0 aromatic heterocycles. The van der Waals surface area contributed by atoms with Crippen molar-refractivity contribution in [3.05, 3.63) is 29.8 Å². The number of fused-ring (bicyclic) bond motifs is 1. The van der Waals surface area contributed by atoms with Crippen LogP contribution in [0.2, 0.25) is 0 Å². The molecule has 3 rings (SSSR count). The molecule has 0 bridgehead atoms. The van der Waals surface area contributed by atoms with E-state index in [1.165, 1.54) is 44.9 Å². The number of hydrogen-bond acceptors (Lipinski definition) is 2. The number of nitrogens with one attached hydrogen (secondary N) is 1. The Hall–Kier alpha value is -1.51. The van der Waals surface area contributed by atoms with Gasteiger partial charge in [-0.1, -0.05) is 37.8 Å². The Kier molecular flexibility index (Phi) is 3.95. The van der Waals surface area contributed by atoms with Crippen LogP contribution in [-0.4, -0.2) is 17.1 Å². The number of aromatic carboxylic acids is 1. The fourth-order valence-corrected chi connectivity index (χ4v) is 4.02. The summed E-state index contributed by atoms with van der Waals surface area (Å²) in [6, 6.07) is 7.69. The predicted molar refractivity (Wildman–Crippen MR) is 80.1 cm³/mol. The maximum Gasteiger partial charge on any atom is 0.337 e. The SMILES string of the molecule is O=C(O)c1ccccc1NC1CCC2CCCCC2C1. The van der Waals surface area contributed by atoms with Crippen molar-refractivity contribution < 1.29 is 9.90 Å². The topological polar surface area (TPSA) is 49.3 Å². The smallest absolute Gasteiger partial charge is 0.337 e. The quantitative estimate of drug-likeness (QED) is 0.869. The third kappa shape index (κ3) is 2.82. The van der Waals surface area contributed by atoms with Gasteiger partial charge in [-0.15, -0.1) is 0 Å². The molecule has 1 aromatic carbocycles. The Morgan fingerprint density at radius 1 is 1.05 bits per heavy atom. The highest BCUT2D eigenvalue weighted by molar-refractivity contribution is 5.94. The maximum absolute atomic E-state index is 11.3. The van der Waals surface area contributed by atoms with Gasteiger partial charge in [-0.25, -0.2) is 4.79 Å². The molecule has 2 aliphatic carbocycles. The molecule has 1 aromatic rings. The van der Waals surface area contributed by atoms with Crippen LogP contribution in [0.4, 0.5) is 5.69 Å². The van der Waals surface area contributed by atoms with Crippen LogP contribution in [0.25, 0.3) is 0 Å². The van der Waals surface area contributed by atoms with Gasteiger partial charge < -0.3 is 10.4 Å². The summed E-state index contributed by atoms with van der Waals surface area (Å²) < 4.78 is 0. The number of rotatable bonds is 3. The van der Waals surface area contributed by atoms with E-state index in [-0.39, 0.29) is 0 Å². The molecular formula is C17H23NO2. The zero-order chi connectivity index (χ0) is 13.9. The van der Waals surface area contributed by atoms with E-state index in [1.807, 2.05) is 12.1 Å². The average molecular weight is 273 g/mol.